The molecule has 204 valence electrons. The van der Waals surface area contributed by atoms with Crippen LogP contribution in [0.25, 0.3) is 22.3 Å². The number of hydrogen-bond acceptors (Lipinski definition) is 4. The molecule has 1 aromatic carbocycles. The number of alkyl halides is 3. The number of pyridine rings is 1. The number of benzene rings is 1. The Kier molecular flexibility index (Phi) is 6.38. The lowest BCUT2D eigenvalue weighted by molar-refractivity contribution is -0.180. The highest BCUT2D eigenvalue weighted by Crippen LogP contribution is 2.46. The van der Waals surface area contributed by atoms with Crippen molar-refractivity contribution in [3.63, 3.8) is 0 Å². The molecule has 5 rings (SSSR count). The highest BCUT2D eigenvalue weighted by Gasteiger charge is 2.50. The molecule has 2 fully saturated rings. The number of halogens is 3. The summed E-state index contributed by atoms with van der Waals surface area (Å²) >= 11 is 0. The average molecular weight is 549 g/mol. The van der Waals surface area contributed by atoms with Gasteiger partial charge in [0.1, 0.15) is 10.4 Å². The number of nitrogens with one attached hydrogen (secondary N) is 1. The number of carbonyl (C=O) groups excluding carboxylic acids is 1. The summed E-state index contributed by atoms with van der Waals surface area (Å²) in [4.78, 5) is 16.8. The van der Waals surface area contributed by atoms with Gasteiger partial charge in [0.15, 0.2) is 0 Å². The summed E-state index contributed by atoms with van der Waals surface area (Å²) in [6.07, 6.45) is 2.42. The van der Waals surface area contributed by atoms with Crippen molar-refractivity contribution in [1.82, 2.24) is 14.3 Å². The van der Waals surface area contributed by atoms with Gasteiger partial charge in [-0.3, -0.25) is 9.78 Å². The van der Waals surface area contributed by atoms with E-state index in [1.807, 2.05) is 13.0 Å². The second-order valence-electron chi connectivity index (χ2n) is 11.0. The van der Waals surface area contributed by atoms with E-state index in [9.17, 15) is 26.4 Å². The lowest BCUT2D eigenvalue weighted by atomic mass is 9.99. The molecule has 3 N–H and O–H groups in total. The van der Waals surface area contributed by atoms with Gasteiger partial charge >= 0.3 is 6.18 Å². The third-order valence-electron chi connectivity index (χ3n) is 7.73. The highest BCUT2D eigenvalue weighted by atomic mass is 32.2. The molecule has 2 aromatic heterocycles. The van der Waals surface area contributed by atoms with Crippen LogP contribution in [0.1, 0.15) is 85.8 Å². The van der Waals surface area contributed by atoms with Crippen LogP contribution >= 0.6 is 0 Å². The van der Waals surface area contributed by atoms with Crippen LogP contribution < -0.4 is 10.5 Å². The normalized spacial score (nSPS) is 17.4. The van der Waals surface area contributed by atoms with Crippen LogP contribution in [-0.4, -0.2) is 35.6 Å². The Hall–Kier alpha value is -2.92. The third-order valence-corrected chi connectivity index (χ3v) is 9.37. The number of rotatable bonds is 7. The van der Waals surface area contributed by atoms with Crippen molar-refractivity contribution in [3.8, 4) is 11.4 Å². The number of fused-ring (bicyclic) bond motifs is 1. The van der Waals surface area contributed by atoms with E-state index in [2.05, 4.69) is 15.6 Å². The molecule has 38 heavy (non-hydrogen) atoms. The van der Waals surface area contributed by atoms with Gasteiger partial charge in [-0.1, -0.05) is 12.8 Å². The van der Waals surface area contributed by atoms with Crippen LogP contribution in [-0.2, 0) is 10.0 Å². The minimum atomic E-state index is -4.79. The highest BCUT2D eigenvalue weighted by molar-refractivity contribution is 7.89. The summed E-state index contributed by atoms with van der Waals surface area (Å²) in [6, 6.07) is 6.91. The Morgan fingerprint density at radius 2 is 1.76 bits per heavy atom. The lowest BCUT2D eigenvalue weighted by Gasteiger charge is -2.28. The molecule has 0 aliphatic heterocycles. The van der Waals surface area contributed by atoms with Gasteiger partial charge in [0.25, 0.3) is 5.91 Å². The monoisotopic (exact) mass is 548 g/mol. The summed E-state index contributed by atoms with van der Waals surface area (Å²) in [5.41, 5.74) is 7.65. The second-order valence-corrected chi connectivity index (χ2v) is 12.7. The minimum absolute atomic E-state index is 0.120. The molecule has 2 aliphatic carbocycles. The first kappa shape index (κ1) is 26.7. The Balaban J connectivity index is 1.66. The number of carbonyl (C=O) groups is 1. The maximum absolute atomic E-state index is 13.3. The van der Waals surface area contributed by atoms with Crippen LogP contribution in [0, 0.1) is 6.92 Å². The van der Waals surface area contributed by atoms with E-state index in [1.165, 1.54) is 17.7 Å². The van der Waals surface area contributed by atoms with Crippen molar-refractivity contribution >= 4 is 26.8 Å². The Morgan fingerprint density at radius 3 is 2.29 bits per heavy atom. The topological polar surface area (TPSA) is 107 Å². The van der Waals surface area contributed by atoms with E-state index in [4.69, 9.17) is 5.73 Å². The largest absolute Gasteiger partial charge is 0.407 e. The van der Waals surface area contributed by atoms with Crippen molar-refractivity contribution in [2.75, 3.05) is 0 Å². The van der Waals surface area contributed by atoms with E-state index in [0.29, 0.717) is 22.9 Å². The summed E-state index contributed by atoms with van der Waals surface area (Å²) in [5, 5.41) is 0.730. The molecule has 1 amide bonds. The predicted octanol–water partition coefficient (Wildman–Crippen LogP) is 5.72. The zero-order valence-corrected chi connectivity index (χ0v) is 22.3. The van der Waals surface area contributed by atoms with Gasteiger partial charge in [-0.05, 0) is 87.8 Å². The summed E-state index contributed by atoms with van der Waals surface area (Å²) in [6.45, 7) is 3.53. The molecular formula is C27H31F3N4O3S. The molecule has 0 bridgehead atoms. The molecule has 0 saturated heterocycles. The number of amides is 1. The Morgan fingerprint density at radius 1 is 1.11 bits per heavy atom. The number of sulfonamides is 1. The smallest absolute Gasteiger partial charge is 0.366 e. The fraction of sp³-hybridized carbons (Fsp3) is 0.481. The van der Waals surface area contributed by atoms with Gasteiger partial charge in [-0.25, -0.2) is 8.42 Å². The maximum Gasteiger partial charge on any atom is 0.407 e. The van der Waals surface area contributed by atoms with Gasteiger partial charge in [0.2, 0.25) is 10.0 Å². The molecule has 0 radical (unpaired) electrons. The predicted molar refractivity (Wildman–Crippen MR) is 138 cm³/mol. The van der Waals surface area contributed by atoms with E-state index in [-0.39, 0.29) is 6.04 Å². The van der Waals surface area contributed by atoms with Gasteiger partial charge in [-0.2, -0.15) is 17.9 Å². The van der Waals surface area contributed by atoms with Gasteiger partial charge in [0.05, 0.1) is 17.0 Å². The zero-order chi connectivity index (χ0) is 27.6. The van der Waals surface area contributed by atoms with E-state index < -0.39 is 32.5 Å². The molecule has 7 nitrogen and oxygen atoms in total. The van der Waals surface area contributed by atoms with Crippen molar-refractivity contribution in [2.45, 2.75) is 87.9 Å². The van der Waals surface area contributed by atoms with Crippen molar-refractivity contribution in [2.24, 2.45) is 5.73 Å². The van der Waals surface area contributed by atoms with Crippen molar-refractivity contribution in [1.29, 1.82) is 0 Å². The SMILES string of the molecule is Cc1cc2c(C(N)=O)c(-c3ccc(S(=O)(=O)NC(C)(C)C(F)(F)F)cn3)n(C3CCCC3)c2cc1C1CC1. The minimum Gasteiger partial charge on any atom is -0.366 e. The number of nitrogens with zero attached hydrogens (tertiary/aromatic N) is 2. The van der Waals surface area contributed by atoms with E-state index in [1.54, 1.807) is 4.72 Å². The van der Waals surface area contributed by atoms with Crippen molar-refractivity contribution < 1.29 is 26.4 Å². The van der Waals surface area contributed by atoms with Crippen LogP contribution in [0.4, 0.5) is 13.2 Å². The van der Waals surface area contributed by atoms with Gasteiger partial charge in [-0.15, -0.1) is 0 Å². The van der Waals surface area contributed by atoms with Gasteiger partial charge < -0.3 is 10.3 Å². The number of primary amides is 1. The lowest BCUT2D eigenvalue weighted by Crippen LogP contribution is -2.54. The third kappa shape index (κ3) is 4.59. The number of aromatic nitrogens is 2. The number of hydrogen-bond donors (Lipinski definition) is 2. The first-order valence-corrected chi connectivity index (χ1v) is 14.2. The standard InChI is InChI=1S/C27H31F3N4O3S/c1-15-12-20-22(13-19(15)16-8-9-16)34(17-6-4-5-7-17)24(23(20)25(31)35)21-11-10-18(14-32-21)38(36,37)33-26(2,3)27(28,29)30/h10-14,16-17,33H,4-9H2,1-3H3,(H2,31,35). The Labute approximate surface area is 219 Å². The summed E-state index contributed by atoms with van der Waals surface area (Å²) in [5.74, 6) is -0.115. The summed E-state index contributed by atoms with van der Waals surface area (Å²) in [7, 11) is -4.52. The first-order chi connectivity index (χ1) is 17.7. The molecule has 0 unspecified atom stereocenters. The van der Waals surface area contributed by atoms with E-state index in [0.717, 1.165) is 75.0 Å². The first-order valence-electron chi connectivity index (χ1n) is 12.8. The molecule has 11 heteroatoms. The van der Waals surface area contributed by atoms with Crippen molar-refractivity contribution in [3.05, 3.63) is 47.2 Å². The molecule has 0 atom stereocenters. The number of nitrogens with two attached hydrogens (primary N) is 1. The molecule has 2 aliphatic rings. The van der Waals surface area contributed by atoms with E-state index >= 15 is 0 Å². The molecular weight excluding hydrogens is 517 g/mol. The second kappa shape index (κ2) is 9.08. The molecule has 3 aromatic rings. The van der Waals surface area contributed by atoms with Crippen LogP contribution in [0.15, 0.2) is 35.4 Å². The van der Waals surface area contributed by atoms with Gasteiger partial charge in [0, 0.05) is 23.1 Å². The molecule has 2 saturated carbocycles. The zero-order valence-electron chi connectivity index (χ0n) is 21.5. The number of aryl methyl sites for hydroxylation is 1. The molecule has 2 heterocycles. The Bertz CT molecular complexity index is 1520. The van der Waals surface area contributed by atoms with Crippen LogP contribution in [0.3, 0.4) is 0 Å². The quantitative estimate of drug-likeness (QED) is 0.394. The molecule has 0 spiro atoms. The fourth-order valence-electron chi connectivity index (χ4n) is 5.49. The maximum atomic E-state index is 13.3. The fourth-order valence-corrected chi connectivity index (χ4v) is 6.83. The van der Waals surface area contributed by atoms with Crippen LogP contribution in [0.5, 0.6) is 0 Å². The van der Waals surface area contributed by atoms with Crippen LogP contribution in [0.2, 0.25) is 0 Å². The summed E-state index contributed by atoms with van der Waals surface area (Å²) < 4.78 is 69.2. The average Bonchev–Trinajstić information content (AvgIpc) is 3.40.